The number of nitrogens with zero attached hydrogens (tertiary/aromatic N) is 2. The van der Waals surface area contributed by atoms with Crippen molar-refractivity contribution in [2.75, 3.05) is 5.73 Å². The summed E-state index contributed by atoms with van der Waals surface area (Å²) in [5, 5.41) is 0. The first-order valence-corrected chi connectivity index (χ1v) is 6.90. The van der Waals surface area contributed by atoms with Crippen molar-refractivity contribution in [3.05, 3.63) is 24.1 Å². The van der Waals surface area contributed by atoms with E-state index in [1.165, 1.54) is 4.90 Å². The number of rotatable bonds is 2. The zero-order valence-electron chi connectivity index (χ0n) is 11.8. The minimum Gasteiger partial charge on any atom is -0.439 e. The molecule has 6 nitrogen and oxygen atoms in total. The molecule has 2 unspecified atom stereocenters. The Balaban J connectivity index is 1.61. The van der Waals surface area contributed by atoms with Gasteiger partial charge in [0.25, 0.3) is 0 Å². The molecule has 0 spiro atoms. The van der Waals surface area contributed by atoms with Gasteiger partial charge in [-0.1, -0.05) is 13.8 Å². The zero-order chi connectivity index (χ0) is 14.9. The topological polar surface area (TPSA) is 89.4 Å². The van der Waals surface area contributed by atoms with E-state index in [4.69, 9.17) is 10.2 Å². The number of imide groups is 1. The first kappa shape index (κ1) is 12.4. The lowest BCUT2D eigenvalue weighted by Gasteiger charge is -2.18. The second-order valence-corrected chi connectivity index (χ2v) is 6.37. The number of carbonyl (C=O) groups is 2. The summed E-state index contributed by atoms with van der Waals surface area (Å²) >= 11 is 0. The highest BCUT2D eigenvalue weighted by atomic mass is 16.3. The number of anilines is 1. The van der Waals surface area contributed by atoms with Crippen molar-refractivity contribution in [1.29, 1.82) is 0 Å². The van der Waals surface area contributed by atoms with Crippen molar-refractivity contribution in [2.24, 2.45) is 17.3 Å². The smallest absolute Gasteiger partial charge is 0.234 e. The van der Waals surface area contributed by atoms with Crippen LogP contribution in [0.1, 0.15) is 19.7 Å². The lowest BCUT2D eigenvalue weighted by atomic mass is 10.1. The van der Waals surface area contributed by atoms with Crippen LogP contribution in [0.25, 0.3) is 11.1 Å². The van der Waals surface area contributed by atoms with E-state index in [2.05, 4.69) is 4.98 Å². The van der Waals surface area contributed by atoms with Crippen molar-refractivity contribution in [1.82, 2.24) is 9.88 Å². The second-order valence-electron chi connectivity index (χ2n) is 6.37. The van der Waals surface area contributed by atoms with E-state index in [0.717, 1.165) is 0 Å². The number of piperidine rings is 1. The fourth-order valence-corrected chi connectivity index (χ4v) is 3.35. The van der Waals surface area contributed by atoms with E-state index in [0.29, 0.717) is 22.7 Å². The van der Waals surface area contributed by atoms with Gasteiger partial charge in [0.1, 0.15) is 12.1 Å². The summed E-state index contributed by atoms with van der Waals surface area (Å²) in [6.45, 7) is 4.00. The van der Waals surface area contributed by atoms with Gasteiger partial charge in [-0.3, -0.25) is 14.5 Å². The van der Waals surface area contributed by atoms with Crippen molar-refractivity contribution < 1.29 is 14.0 Å². The van der Waals surface area contributed by atoms with Crippen LogP contribution in [0.3, 0.4) is 0 Å². The average Bonchev–Trinajstić information content (AvgIpc) is 2.68. The number of hydrogen-bond donors (Lipinski definition) is 1. The van der Waals surface area contributed by atoms with Gasteiger partial charge in [0.05, 0.1) is 11.8 Å². The van der Waals surface area contributed by atoms with Gasteiger partial charge in [-0.05, 0) is 23.6 Å². The summed E-state index contributed by atoms with van der Waals surface area (Å²) in [5.74, 6) is -0.222. The third-order valence-corrected chi connectivity index (χ3v) is 4.64. The van der Waals surface area contributed by atoms with Gasteiger partial charge in [0.2, 0.25) is 17.7 Å². The summed E-state index contributed by atoms with van der Waals surface area (Å²) in [4.78, 5) is 30.1. The Morgan fingerprint density at radius 3 is 2.62 bits per heavy atom. The van der Waals surface area contributed by atoms with E-state index in [1.54, 1.807) is 18.2 Å². The molecule has 2 fully saturated rings. The van der Waals surface area contributed by atoms with Crippen LogP contribution in [0.5, 0.6) is 0 Å². The SMILES string of the molecule is CC1(C)C2C(=O)N(Cc3nc4cc(N)ccc4o3)C(=O)C21. The van der Waals surface area contributed by atoms with E-state index in [-0.39, 0.29) is 35.6 Å². The van der Waals surface area contributed by atoms with Crippen LogP contribution in [0, 0.1) is 17.3 Å². The maximum Gasteiger partial charge on any atom is 0.234 e. The molecule has 0 radical (unpaired) electrons. The molecule has 1 aliphatic carbocycles. The summed E-state index contributed by atoms with van der Waals surface area (Å²) in [5.41, 5.74) is 7.33. The Labute approximate surface area is 120 Å². The highest BCUT2D eigenvalue weighted by molar-refractivity contribution is 6.10. The summed E-state index contributed by atoms with van der Waals surface area (Å²) in [6.07, 6.45) is 0. The van der Waals surface area contributed by atoms with E-state index in [9.17, 15) is 9.59 Å². The number of benzene rings is 1. The van der Waals surface area contributed by atoms with Crippen LogP contribution in [-0.4, -0.2) is 21.7 Å². The molecule has 108 valence electrons. The molecule has 1 aromatic carbocycles. The van der Waals surface area contributed by atoms with Crippen molar-refractivity contribution >= 4 is 28.6 Å². The minimum atomic E-state index is -0.194. The fraction of sp³-hybridized carbons (Fsp3) is 0.400. The molecule has 1 aromatic heterocycles. The molecule has 21 heavy (non-hydrogen) atoms. The molecule has 2 atom stereocenters. The predicted molar refractivity (Wildman–Crippen MR) is 74.7 cm³/mol. The van der Waals surface area contributed by atoms with Crippen LogP contribution < -0.4 is 5.73 Å². The zero-order valence-corrected chi connectivity index (χ0v) is 11.8. The lowest BCUT2D eigenvalue weighted by Crippen LogP contribution is -2.35. The second kappa shape index (κ2) is 3.63. The first-order valence-electron chi connectivity index (χ1n) is 6.90. The Kier molecular flexibility index (Phi) is 2.14. The largest absolute Gasteiger partial charge is 0.439 e. The van der Waals surface area contributed by atoms with Crippen LogP contribution in [0.2, 0.25) is 0 Å². The van der Waals surface area contributed by atoms with Crippen LogP contribution >= 0.6 is 0 Å². The van der Waals surface area contributed by atoms with Gasteiger partial charge in [0, 0.05) is 5.69 Å². The molecular formula is C15H15N3O3. The Morgan fingerprint density at radius 2 is 1.95 bits per heavy atom. The Morgan fingerprint density at radius 1 is 1.29 bits per heavy atom. The summed E-state index contributed by atoms with van der Waals surface area (Å²) < 4.78 is 5.57. The number of hydrogen-bond acceptors (Lipinski definition) is 5. The Bertz CT molecular complexity index is 769. The molecule has 1 saturated heterocycles. The van der Waals surface area contributed by atoms with Crippen LogP contribution in [0.15, 0.2) is 22.6 Å². The van der Waals surface area contributed by atoms with Gasteiger partial charge in [-0.25, -0.2) is 4.98 Å². The monoisotopic (exact) mass is 285 g/mol. The standard InChI is InChI=1S/C15H15N3O3/c1-15(2)11-12(15)14(20)18(13(11)19)6-10-17-8-5-7(16)3-4-9(8)21-10/h3-5,11-12H,6,16H2,1-2H3. The normalized spacial score (nSPS) is 26.5. The molecule has 1 aliphatic heterocycles. The quantitative estimate of drug-likeness (QED) is 0.668. The predicted octanol–water partition coefficient (Wildman–Crippen LogP) is 1.55. The molecule has 2 heterocycles. The molecule has 2 amide bonds. The van der Waals surface area contributed by atoms with Crippen molar-refractivity contribution in [3.8, 4) is 0 Å². The highest BCUT2D eigenvalue weighted by Crippen LogP contribution is 2.63. The minimum absolute atomic E-state index is 0.0926. The number of amides is 2. The molecule has 2 aromatic rings. The first-order chi connectivity index (χ1) is 9.89. The fourth-order valence-electron chi connectivity index (χ4n) is 3.35. The van der Waals surface area contributed by atoms with Gasteiger partial charge in [-0.15, -0.1) is 0 Å². The number of likely N-dealkylation sites (tertiary alicyclic amines) is 1. The van der Waals surface area contributed by atoms with Gasteiger partial charge >= 0.3 is 0 Å². The number of carbonyl (C=O) groups excluding carboxylic acids is 2. The highest BCUT2D eigenvalue weighted by Gasteiger charge is 2.72. The Hall–Kier alpha value is -2.37. The number of nitrogens with two attached hydrogens (primary N) is 1. The van der Waals surface area contributed by atoms with E-state index >= 15 is 0 Å². The van der Waals surface area contributed by atoms with Crippen molar-refractivity contribution in [2.45, 2.75) is 20.4 Å². The number of aromatic nitrogens is 1. The summed E-state index contributed by atoms with van der Waals surface area (Å²) in [7, 11) is 0. The maximum absolute atomic E-state index is 12.3. The third-order valence-electron chi connectivity index (χ3n) is 4.64. The molecule has 0 bridgehead atoms. The number of fused-ring (bicyclic) bond motifs is 2. The lowest BCUT2D eigenvalue weighted by molar-refractivity contribution is -0.144. The third kappa shape index (κ3) is 1.55. The van der Waals surface area contributed by atoms with Crippen LogP contribution in [0.4, 0.5) is 5.69 Å². The molecule has 6 heteroatoms. The van der Waals surface area contributed by atoms with Gasteiger partial charge in [-0.2, -0.15) is 0 Å². The maximum atomic E-state index is 12.3. The molecule has 1 saturated carbocycles. The average molecular weight is 285 g/mol. The molecule has 4 rings (SSSR count). The summed E-state index contributed by atoms with van der Waals surface area (Å²) in [6, 6.07) is 5.16. The number of nitrogen functional groups attached to an aromatic ring is 1. The molecule has 2 N–H and O–H groups in total. The van der Waals surface area contributed by atoms with Crippen molar-refractivity contribution in [3.63, 3.8) is 0 Å². The van der Waals surface area contributed by atoms with Gasteiger partial charge in [0.15, 0.2) is 5.58 Å². The molecule has 2 aliphatic rings. The molecular weight excluding hydrogens is 270 g/mol. The number of oxazole rings is 1. The van der Waals surface area contributed by atoms with Crippen LogP contribution in [-0.2, 0) is 16.1 Å². The van der Waals surface area contributed by atoms with Gasteiger partial charge < -0.3 is 10.2 Å². The van der Waals surface area contributed by atoms with E-state index < -0.39 is 0 Å². The van der Waals surface area contributed by atoms with E-state index in [1.807, 2.05) is 13.8 Å².